The second kappa shape index (κ2) is 6.41. The molecule has 0 saturated carbocycles. The van der Waals surface area contributed by atoms with E-state index in [2.05, 4.69) is 20.3 Å². The van der Waals surface area contributed by atoms with Gasteiger partial charge in [-0.05, 0) is 42.5 Å². The van der Waals surface area contributed by atoms with E-state index < -0.39 is 0 Å². The molecule has 0 aliphatic carbocycles. The maximum Gasteiger partial charge on any atom is 0.276 e. The Balaban J connectivity index is 1.60. The third-order valence-corrected chi connectivity index (χ3v) is 3.97. The van der Waals surface area contributed by atoms with Gasteiger partial charge in [-0.1, -0.05) is 28.9 Å². The van der Waals surface area contributed by atoms with Crippen molar-refractivity contribution in [3.8, 4) is 40.0 Å². The average Bonchev–Trinajstić information content (AvgIpc) is 3.32. The summed E-state index contributed by atoms with van der Waals surface area (Å²) in [6, 6.07) is 16.7. The lowest BCUT2D eigenvalue weighted by Gasteiger charge is -1.98. The third kappa shape index (κ3) is 3.12. The van der Waals surface area contributed by atoms with E-state index in [0.717, 1.165) is 22.6 Å². The first kappa shape index (κ1) is 15.4. The van der Waals surface area contributed by atoms with Crippen molar-refractivity contribution in [2.45, 2.75) is 0 Å². The van der Waals surface area contributed by atoms with Crippen molar-refractivity contribution in [1.82, 2.24) is 20.3 Å². The summed E-state index contributed by atoms with van der Waals surface area (Å²) < 4.78 is 10.5. The minimum atomic E-state index is 0.374. The molecule has 2 aromatic heterocycles. The van der Waals surface area contributed by atoms with Crippen LogP contribution in [0.2, 0.25) is 5.02 Å². The van der Waals surface area contributed by atoms with Gasteiger partial charge in [0.2, 0.25) is 5.82 Å². The van der Waals surface area contributed by atoms with Gasteiger partial charge in [0.05, 0.1) is 12.8 Å². The molecule has 0 aliphatic heterocycles. The number of hydrogen-bond acceptors (Lipinski definition) is 5. The highest BCUT2D eigenvalue weighted by Crippen LogP contribution is 2.26. The molecule has 0 fully saturated rings. The van der Waals surface area contributed by atoms with Crippen LogP contribution in [0.25, 0.3) is 34.2 Å². The fraction of sp³-hybridized carbons (Fsp3) is 0.0556. The van der Waals surface area contributed by atoms with Crippen molar-refractivity contribution in [1.29, 1.82) is 0 Å². The topological polar surface area (TPSA) is 76.8 Å². The highest BCUT2D eigenvalue weighted by atomic mass is 35.5. The number of aromatic nitrogens is 4. The number of halogens is 1. The quantitative estimate of drug-likeness (QED) is 0.587. The molecule has 0 aliphatic rings. The first-order chi connectivity index (χ1) is 12.2. The smallest absolute Gasteiger partial charge is 0.276 e. The predicted octanol–water partition coefficient (Wildman–Crippen LogP) is 4.46. The first-order valence-electron chi connectivity index (χ1n) is 7.53. The SMILES string of the molecule is COc1ccc(-c2noc(-c3cc(-c4ccc(Cl)cc4)n[nH]3)n2)cc1. The van der Waals surface area contributed by atoms with Gasteiger partial charge < -0.3 is 9.26 Å². The lowest BCUT2D eigenvalue weighted by atomic mass is 10.1. The Morgan fingerprint density at radius 2 is 1.72 bits per heavy atom. The Hall–Kier alpha value is -3.12. The predicted molar refractivity (Wildman–Crippen MR) is 94.3 cm³/mol. The zero-order valence-corrected chi connectivity index (χ0v) is 14.0. The van der Waals surface area contributed by atoms with Crippen LogP contribution in [-0.4, -0.2) is 27.4 Å². The van der Waals surface area contributed by atoms with Crippen LogP contribution in [0.5, 0.6) is 5.75 Å². The molecule has 7 heteroatoms. The maximum absolute atomic E-state index is 5.91. The number of H-pyrrole nitrogens is 1. The van der Waals surface area contributed by atoms with Crippen LogP contribution >= 0.6 is 11.6 Å². The number of nitrogens with one attached hydrogen (secondary N) is 1. The van der Waals surface area contributed by atoms with Crippen molar-refractivity contribution in [3.05, 3.63) is 59.6 Å². The van der Waals surface area contributed by atoms with E-state index in [1.165, 1.54) is 0 Å². The Bertz CT molecular complexity index is 991. The van der Waals surface area contributed by atoms with Crippen LogP contribution < -0.4 is 4.74 Å². The van der Waals surface area contributed by atoms with E-state index in [-0.39, 0.29) is 0 Å². The summed E-state index contributed by atoms with van der Waals surface area (Å²) in [6.45, 7) is 0. The lowest BCUT2D eigenvalue weighted by molar-refractivity contribution is 0.414. The molecule has 0 unspecified atom stereocenters. The minimum Gasteiger partial charge on any atom is -0.497 e. The normalized spacial score (nSPS) is 10.8. The van der Waals surface area contributed by atoms with Crippen molar-refractivity contribution >= 4 is 11.6 Å². The van der Waals surface area contributed by atoms with Crippen LogP contribution in [0.1, 0.15) is 0 Å². The van der Waals surface area contributed by atoms with Gasteiger partial charge in [0.25, 0.3) is 5.89 Å². The Kier molecular flexibility index (Phi) is 3.95. The molecule has 124 valence electrons. The van der Waals surface area contributed by atoms with Crippen LogP contribution in [0.3, 0.4) is 0 Å². The number of ether oxygens (including phenoxy) is 1. The molecule has 25 heavy (non-hydrogen) atoms. The zero-order valence-electron chi connectivity index (χ0n) is 13.2. The number of aromatic amines is 1. The van der Waals surface area contributed by atoms with Crippen LogP contribution in [-0.2, 0) is 0 Å². The highest BCUT2D eigenvalue weighted by molar-refractivity contribution is 6.30. The molecule has 0 bridgehead atoms. The molecule has 4 aromatic rings. The average molecular weight is 353 g/mol. The van der Waals surface area contributed by atoms with Crippen LogP contribution in [0.15, 0.2) is 59.1 Å². The van der Waals surface area contributed by atoms with Gasteiger partial charge >= 0.3 is 0 Å². The number of methoxy groups -OCH3 is 1. The third-order valence-electron chi connectivity index (χ3n) is 3.72. The van der Waals surface area contributed by atoms with Gasteiger partial charge in [-0.3, -0.25) is 5.10 Å². The van der Waals surface area contributed by atoms with Crippen LogP contribution in [0.4, 0.5) is 0 Å². The van der Waals surface area contributed by atoms with E-state index in [1.54, 1.807) is 7.11 Å². The molecule has 0 saturated heterocycles. The number of rotatable bonds is 4. The second-order valence-electron chi connectivity index (χ2n) is 5.33. The molecule has 0 radical (unpaired) electrons. The Morgan fingerprint density at radius 3 is 2.44 bits per heavy atom. The first-order valence-corrected chi connectivity index (χ1v) is 7.90. The minimum absolute atomic E-state index is 0.374. The summed E-state index contributed by atoms with van der Waals surface area (Å²) in [5.41, 5.74) is 3.21. The summed E-state index contributed by atoms with van der Waals surface area (Å²) in [6.07, 6.45) is 0. The summed E-state index contributed by atoms with van der Waals surface area (Å²) in [5.74, 6) is 1.65. The van der Waals surface area contributed by atoms with E-state index >= 15 is 0 Å². The van der Waals surface area contributed by atoms with Crippen LogP contribution in [0, 0.1) is 0 Å². The molecule has 1 N–H and O–H groups in total. The fourth-order valence-electron chi connectivity index (χ4n) is 2.39. The summed E-state index contributed by atoms with van der Waals surface area (Å²) in [7, 11) is 1.62. The molecular weight excluding hydrogens is 340 g/mol. The Labute approximate surface area is 148 Å². The maximum atomic E-state index is 5.91. The second-order valence-corrected chi connectivity index (χ2v) is 5.76. The highest BCUT2D eigenvalue weighted by Gasteiger charge is 2.14. The van der Waals surface area contributed by atoms with E-state index in [4.69, 9.17) is 20.9 Å². The van der Waals surface area contributed by atoms with E-state index in [1.807, 2.05) is 54.6 Å². The van der Waals surface area contributed by atoms with E-state index in [0.29, 0.717) is 22.4 Å². The molecule has 0 atom stereocenters. The van der Waals surface area contributed by atoms with Gasteiger partial charge in [0, 0.05) is 16.1 Å². The largest absolute Gasteiger partial charge is 0.497 e. The standard InChI is InChI=1S/C18H13ClN4O2/c1-24-14-8-4-12(5-9-14)17-20-18(25-23-17)16-10-15(21-22-16)11-2-6-13(19)7-3-11/h2-10H,1H3,(H,21,22). The van der Waals surface area contributed by atoms with Gasteiger partial charge in [-0.2, -0.15) is 10.1 Å². The van der Waals surface area contributed by atoms with Crippen molar-refractivity contribution in [2.24, 2.45) is 0 Å². The molecule has 2 aromatic carbocycles. The van der Waals surface area contributed by atoms with Gasteiger partial charge in [0.15, 0.2) is 0 Å². The Morgan fingerprint density at radius 1 is 1.00 bits per heavy atom. The molecule has 6 nitrogen and oxygen atoms in total. The van der Waals surface area contributed by atoms with Gasteiger partial charge in [-0.15, -0.1) is 0 Å². The summed E-state index contributed by atoms with van der Waals surface area (Å²) in [4.78, 5) is 4.42. The van der Waals surface area contributed by atoms with E-state index in [9.17, 15) is 0 Å². The number of benzene rings is 2. The molecule has 4 rings (SSSR count). The lowest BCUT2D eigenvalue weighted by Crippen LogP contribution is -1.84. The molecule has 0 amide bonds. The van der Waals surface area contributed by atoms with Crippen molar-refractivity contribution in [3.63, 3.8) is 0 Å². The number of hydrogen-bond donors (Lipinski definition) is 1. The van der Waals surface area contributed by atoms with Gasteiger partial charge in [-0.25, -0.2) is 0 Å². The summed E-state index contributed by atoms with van der Waals surface area (Å²) in [5, 5.41) is 11.9. The van der Waals surface area contributed by atoms with Gasteiger partial charge in [0.1, 0.15) is 11.4 Å². The van der Waals surface area contributed by atoms with Crippen molar-refractivity contribution in [2.75, 3.05) is 7.11 Å². The monoisotopic (exact) mass is 352 g/mol. The molecule has 2 heterocycles. The fourth-order valence-corrected chi connectivity index (χ4v) is 2.52. The van der Waals surface area contributed by atoms with Crippen molar-refractivity contribution < 1.29 is 9.26 Å². The number of nitrogens with zero attached hydrogens (tertiary/aromatic N) is 3. The molecule has 0 spiro atoms. The zero-order chi connectivity index (χ0) is 17.2. The molecular formula is C18H13ClN4O2. The summed E-state index contributed by atoms with van der Waals surface area (Å²) >= 11 is 5.91.